The largest absolute Gasteiger partial charge is 0.354 e. The Hall–Kier alpha value is -2.28. The van der Waals surface area contributed by atoms with E-state index >= 15 is 0 Å². The van der Waals surface area contributed by atoms with E-state index in [-0.39, 0.29) is 12.1 Å². The normalized spacial score (nSPS) is 15.2. The van der Waals surface area contributed by atoms with Crippen LogP contribution in [0.15, 0.2) is 48.5 Å². The van der Waals surface area contributed by atoms with Gasteiger partial charge in [0.1, 0.15) is 0 Å². The highest BCUT2D eigenvalue weighted by atomic mass is 35.5. The zero-order valence-corrected chi connectivity index (χ0v) is 18.6. The fourth-order valence-corrected chi connectivity index (χ4v) is 3.69. The van der Waals surface area contributed by atoms with Crippen LogP contribution < -0.4 is 11.1 Å². The molecule has 8 heteroatoms. The van der Waals surface area contributed by atoms with Crippen LogP contribution in [-0.4, -0.2) is 47.9 Å². The Morgan fingerprint density at radius 1 is 1.17 bits per heavy atom. The van der Waals surface area contributed by atoms with Crippen LogP contribution in [0.5, 0.6) is 0 Å². The first kappa shape index (κ1) is 24.0. The summed E-state index contributed by atoms with van der Waals surface area (Å²) >= 11 is 12.2. The van der Waals surface area contributed by atoms with Gasteiger partial charge in [-0.25, -0.2) is 4.79 Å². The summed E-state index contributed by atoms with van der Waals surface area (Å²) in [6.45, 7) is 4.66. The third-order valence-corrected chi connectivity index (χ3v) is 5.03. The van der Waals surface area contributed by atoms with E-state index in [0.29, 0.717) is 42.6 Å². The monoisotopic (exact) mass is 450 g/mol. The third kappa shape index (κ3) is 7.52. The summed E-state index contributed by atoms with van der Waals surface area (Å²) < 4.78 is 0. The smallest absolute Gasteiger partial charge is 0.320 e. The van der Waals surface area contributed by atoms with E-state index in [0.717, 1.165) is 24.1 Å². The summed E-state index contributed by atoms with van der Waals surface area (Å²) in [5.41, 5.74) is 6.76. The zero-order valence-electron chi connectivity index (χ0n) is 17.1. The van der Waals surface area contributed by atoms with Crippen molar-refractivity contribution in [1.29, 1.82) is 0 Å². The van der Waals surface area contributed by atoms with Gasteiger partial charge in [-0.3, -0.25) is 4.79 Å². The highest BCUT2D eigenvalue weighted by molar-refractivity contribution is 6.30. The molecule has 2 aromatic carbocycles. The van der Waals surface area contributed by atoms with Crippen molar-refractivity contribution in [2.24, 2.45) is 5.73 Å². The van der Waals surface area contributed by atoms with Gasteiger partial charge in [0, 0.05) is 42.3 Å². The highest BCUT2D eigenvalue weighted by Crippen LogP contribution is 2.20. The van der Waals surface area contributed by atoms with E-state index in [2.05, 4.69) is 5.32 Å². The van der Waals surface area contributed by atoms with Crippen molar-refractivity contribution in [2.75, 3.05) is 19.6 Å². The minimum Gasteiger partial charge on any atom is -0.354 e. The molecule has 1 aliphatic rings. The van der Waals surface area contributed by atoms with Crippen molar-refractivity contribution in [3.63, 3.8) is 0 Å². The first-order valence-electron chi connectivity index (χ1n) is 9.89. The molecule has 0 radical (unpaired) electrons. The summed E-state index contributed by atoms with van der Waals surface area (Å²) in [4.78, 5) is 27.4. The molecule has 30 heavy (non-hydrogen) atoms. The molecule has 3 rings (SSSR count). The van der Waals surface area contributed by atoms with E-state index in [4.69, 9.17) is 28.9 Å². The predicted octanol–water partition coefficient (Wildman–Crippen LogP) is 3.90. The van der Waals surface area contributed by atoms with Crippen molar-refractivity contribution >= 4 is 35.6 Å². The number of likely N-dealkylation sites (tertiary alicyclic amines) is 1. The molecule has 3 N–H and O–H groups in total. The topological polar surface area (TPSA) is 78.7 Å². The second kappa shape index (κ2) is 12.4. The second-order valence-corrected chi connectivity index (χ2v) is 7.90. The summed E-state index contributed by atoms with van der Waals surface area (Å²) in [5, 5.41) is 4.03. The molecule has 2 aromatic rings. The molecule has 1 atom stereocenters. The number of nitrogens with two attached hydrogens (primary N) is 1. The Morgan fingerprint density at radius 3 is 2.17 bits per heavy atom. The van der Waals surface area contributed by atoms with Crippen LogP contribution in [0.4, 0.5) is 4.79 Å². The van der Waals surface area contributed by atoms with E-state index in [1.165, 1.54) is 0 Å². The summed E-state index contributed by atoms with van der Waals surface area (Å²) in [6.07, 6.45) is 1.45. The minimum absolute atomic E-state index is 0.00522. The van der Waals surface area contributed by atoms with Gasteiger partial charge >= 0.3 is 6.03 Å². The summed E-state index contributed by atoms with van der Waals surface area (Å²) in [7, 11) is 0. The number of halogens is 2. The first-order chi connectivity index (χ1) is 14.5. The zero-order chi connectivity index (χ0) is 21.9. The van der Waals surface area contributed by atoms with Crippen LogP contribution in [0.1, 0.15) is 24.5 Å². The van der Waals surface area contributed by atoms with E-state index in [9.17, 15) is 9.59 Å². The lowest BCUT2D eigenvalue weighted by atomic mass is 10.1. The minimum atomic E-state index is -0.0647. The molecule has 0 aliphatic carbocycles. The average molecular weight is 451 g/mol. The van der Waals surface area contributed by atoms with Crippen molar-refractivity contribution in [2.45, 2.75) is 32.5 Å². The Balaban J connectivity index is 0.00000101. The summed E-state index contributed by atoms with van der Waals surface area (Å²) in [5.74, 6) is 0. The fourth-order valence-electron chi connectivity index (χ4n) is 3.27. The Labute approximate surface area is 187 Å². The van der Waals surface area contributed by atoms with E-state index in [1.54, 1.807) is 9.80 Å². The molecule has 0 saturated carbocycles. The lowest BCUT2D eigenvalue weighted by Gasteiger charge is -2.28. The predicted molar refractivity (Wildman–Crippen MR) is 121 cm³/mol. The average Bonchev–Trinajstić information content (AvgIpc) is 3.17. The van der Waals surface area contributed by atoms with Crippen molar-refractivity contribution < 1.29 is 9.59 Å². The van der Waals surface area contributed by atoms with Gasteiger partial charge in [0.15, 0.2) is 0 Å². The van der Waals surface area contributed by atoms with E-state index < -0.39 is 0 Å². The number of amides is 3. The van der Waals surface area contributed by atoms with Crippen LogP contribution >= 0.6 is 23.2 Å². The molecule has 1 heterocycles. The molecule has 1 unspecified atom stereocenters. The van der Waals surface area contributed by atoms with Crippen molar-refractivity contribution in [3.05, 3.63) is 69.7 Å². The standard InChI is InChI=1S/C20H21Cl2N3O2.C2H7N/c21-17-5-1-3-15(9-17)11-25(12-16-4-2-6-18(22)10-16)20(27)24-8-7-19(13-24)23-14-26;1-2-3/h1-6,9-10,14,19H,7-8,11-13H2,(H,23,26);2-3H2,1H3. The van der Waals surface area contributed by atoms with Gasteiger partial charge in [0.05, 0.1) is 0 Å². The number of nitrogens with one attached hydrogen (secondary N) is 1. The van der Waals surface area contributed by atoms with Crippen LogP contribution in [-0.2, 0) is 17.9 Å². The number of carbonyl (C=O) groups is 2. The van der Waals surface area contributed by atoms with Crippen LogP contribution in [0, 0.1) is 0 Å². The summed E-state index contributed by atoms with van der Waals surface area (Å²) in [6, 6.07) is 14.9. The maximum absolute atomic E-state index is 13.1. The molecule has 1 aliphatic heterocycles. The van der Waals surface area contributed by atoms with Crippen molar-refractivity contribution in [3.8, 4) is 0 Å². The van der Waals surface area contributed by atoms with Gasteiger partial charge in [0.25, 0.3) is 0 Å². The number of hydrogen-bond donors (Lipinski definition) is 2. The van der Waals surface area contributed by atoms with Crippen LogP contribution in [0.2, 0.25) is 10.0 Å². The Bertz CT molecular complexity index is 787. The van der Waals surface area contributed by atoms with Gasteiger partial charge in [-0.1, -0.05) is 54.4 Å². The lowest BCUT2D eigenvalue weighted by Crippen LogP contribution is -2.42. The molecule has 162 valence electrons. The highest BCUT2D eigenvalue weighted by Gasteiger charge is 2.29. The fraction of sp³-hybridized carbons (Fsp3) is 0.364. The Morgan fingerprint density at radius 2 is 1.70 bits per heavy atom. The number of carbonyl (C=O) groups excluding carboxylic acids is 2. The molecule has 3 amide bonds. The third-order valence-electron chi connectivity index (χ3n) is 4.56. The number of rotatable bonds is 6. The van der Waals surface area contributed by atoms with Gasteiger partial charge in [-0.05, 0) is 48.4 Å². The maximum atomic E-state index is 13.1. The molecule has 1 saturated heterocycles. The molecule has 0 aromatic heterocycles. The number of hydrogen-bond acceptors (Lipinski definition) is 3. The number of nitrogens with zero attached hydrogens (tertiary/aromatic N) is 2. The van der Waals surface area contributed by atoms with Gasteiger partial charge in [-0.2, -0.15) is 0 Å². The molecule has 6 nitrogen and oxygen atoms in total. The number of benzene rings is 2. The van der Waals surface area contributed by atoms with Crippen LogP contribution in [0.3, 0.4) is 0 Å². The van der Waals surface area contributed by atoms with Crippen molar-refractivity contribution in [1.82, 2.24) is 15.1 Å². The molecular weight excluding hydrogens is 423 g/mol. The molecule has 0 spiro atoms. The lowest BCUT2D eigenvalue weighted by molar-refractivity contribution is -0.110. The SMILES string of the molecule is CCN.O=CNC1CCN(C(=O)N(Cc2cccc(Cl)c2)Cc2cccc(Cl)c2)C1. The molecule has 0 bridgehead atoms. The quantitative estimate of drug-likeness (QED) is 0.654. The van der Waals surface area contributed by atoms with E-state index in [1.807, 2.05) is 55.5 Å². The van der Waals surface area contributed by atoms with Crippen LogP contribution in [0.25, 0.3) is 0 Å². The van der Waals surface area contributed by atoms with Gasteiger partial charge in [0.2, 0.25) is 6.41 Å². The maximum Gasteiger partial charge on any atom is 0.320 e. The van der Waals surface area contributed by atoms with Gasteiger partial charge in [-0.15, -0.1) is 0 Å². The second-order valence-electron chi connectivity index (χ2n) is 7.02. The van der Waals surface area contributed by atoms with Gasteiger partial charge < -0.3 is 20.9 Å². The molecule has 1 fully saturated rings. The number of urea groups is 1. The Kier molecular flexibility index (Phi) is 9.94. The molecular formula is C22H28Cl2N4O2. The first-order valence-corrected chi connectivity index (χ1v) is 10.6.